The van der Waals surface area contributed by atoms with E-state index in [2.05, 4.69) is 15.9 Å². The van der Waals surface area contributed by atoms with E-state index in [0.717, 1.165) is 22.9 Å². The molecular formula is C17H22BrNO4. The molecule has 23 heavy (non-hydrogen) atoms. The molecule has 0 radical (unpaired) electrons. The number of carboxylic acids is 1. The first-order chi connectivity index (χ1) is 10.6. The molecule has 1 atom stereocenters. The van der Waals surface area contributed by atoms with Crippen molar-refractivity contribution in [1.82, 2.24) is 4.90 Å². The molecule has 1 N–H and O–H groups in total. The van der Waals surface area contributed by atoms with Crippen LogP contribution in [0.4, 0.5) is 4.79 Å². The number of carboxylic acid groups (broad SMARTS) is 1. The summed E-state index contributed by atoms with van der Waals surface area (Å²) in [4.78, 5) is 25.8. The van der Waals surface area contributed by atoms with Gasteiger partial charge in [0.25, 0.3) is 0 Å². The number of hydrogen-bond donors (Lipinski definition) is 1. The largest absolute Gasteiger partial charge is 0.479 e. The van der Waals surface area contributed by atoms with Gasteiger partial charge in [0, 0.05) is 10.5 Å². The third kappa shape index (κ3) is 4.47. The molecule has 1 amide bonds. The lowest BCUT2D eigenvalue weighted by molar-refractivity contribution is -0.143. The second-order valence-corrected chi connectivity index (χ2v) is 7.72. The first-order valence-corrected chi connectivity index (χ1v) is 8.39. The lowest BCUT2D eigenvalue weighted by atomic mass is 10.0. The molecule has 1 fully saturated rings. The van der Waals surface area contributed by atoms with Crippen molar-refractivity contribution in [2.75, 3.05) is 0 Å². The van der Waals surface area contributed by atoms with Crippen molar-refractivity contribution in [1.29, 1.82) is 0 Å². The SMILES string of the molecule is Cc1cc(C(C(=O)O)N(C(=O)OC(C)(C)C)C2CC2)ccc1Br. The van der Waals surface area contributed by atoms with E-state index >= 15 is 0 Å². The molecule has 0 bridgehead atoms. The molecule has 0 aliphatic heterocycles. The Morgan fingerprint density at radius 2 is 1.96 bits per heavy atom. The molecular weight excluding hydrogens is 362 g/mol. The number of hydrogen-bond acceptors (Lipinski definition) is 3. The van der Waals surface area contributed by atoms with Gasteiger partial charge in [-0.15, -0.1) is 0 Å². The smallest absolute Gasteiger partial charge is 0.411 e. The van der Waals surface area contributed by atoms with Gasteiger partial charge in [-0.3, -0.25) is 4.90 Å². The number of benzene rings is 1. The number of aryl methyl sites for hydroxylation is 1. The molecule has 1 aliphatic rings. The van der Waals surface area contributed by atoms with E-state index in [4.69, 9.17) is 4.74 Å². The lowest BCUT2D eigenvalue weighted by Crippen LogP contribution is -2.43. The maximum absolute atomic E-state index is 12.5. The van der Waals surface area contributed by atoms with Crippen LogP contribution in [0.5, 0.6) is 0 Å². The fraction of sp³-hybridized carbons (Fsp3) is 0.529. The average molecular weight is 384 g/mol. The fourth-order valence-corrected chi connectivity index (χ4v) is 2.64. The molecule has 1 unspecified atom stereocenters. The highest BCUT2D eigenvalue weighted by Crippen LogP contribution is 2.36. The quantitative estimate of drug-likeness (QED) is 0.842. The Morgan fingerprint density at radius 3 is 2.39 bits per heavy atom. The minimum Gasteiger partial charge on any atom is -0.479 e. The maximum atomic E-state index is 12.5. The first-order valence-electron chi connectivity index (χ1n) is 7.60. The summed E-state index contributed by atoms with van der Waals surface area (Å²) >= 11 is 3.41. The predicted octanol–water partition coefficient (Wildman–Crippen LogP) is 4.28. The molecule has 1 aromatic carbocycles. The summed E-state index contributed by atoms with van der Waals surface area (Å²) in [5, 5.41) is 9.72. The number of carbonyl (C=O) groups is 2. The van der Waals surface area contributed by atoms with Crippen molar-refractivity contribution < 1.29 is 19.4 Å². The molecule has 0 spiro atoms. The fourth-order valence-electron chi connectivity index (χ4n) is 2.39. The number of nitrogens with zero attached hydrogens (tertiary/aromatic N) is 1. The van der Waals surface area contributed by atoms with Gasteiger partial charge in [-0.1, -0.05) is 28.1 Å². The van der Waals surface area contributed by atoms with Gasteiger partial charge in [-0.2, -0.15) is 0 Å². The third-order valence-corrected chi connectivity index (χ3v) is 4.44. The maximum Gasteiger partial charge on any atom is 0.411 e. The molecule has 2 rings (SSSR count). The number of ether oxygens (including phenoxy) is 1. The Balaban J connectivity index is 2.37. The Morgan fingerprint density at radius 1 is 1.35 bits per heavy atom. The van der Waals surface area contributed by atoms with E-state index in [1.165, 1.54) is 4.90 Å². The van der Waals surface area contributed by atoms with Crippen LogP contribution in [0.15, 0.2) is 22.7 Å². The van der Waals surface area contributed by atoms with Gasteiger partial charge >= 0.3 is 12.1 Å². The van der Waals surface area contributed by atoms with Gasteiger partial charge in [-0.05, 0) is 57.7 Å². The molecule has 0 heterocycles. The van der Waals surface area contributed by atoms with Crippen molar-refractivity contribution in [3.63, 3.8) is 0 Å². The van der Waals surface area contributed by atoms with Crippen molar-refractivity contribution in [2.45, 2.75) is 58.2 Å². The van der Waals surface area contributed by atoms with Gasteiger partial charge in [-0.25, -0.2) is 9.59 Å². The number of amides is 1. The van der Waals surface area contributed by atoms with Gasteiger partial charge in [0.05, 0.1) is 0 Å². The molecule has 0 aromatic heterocycles. The third-order valence-electron chi connectivity index (χ3n) is 3.55. The number of carbonyl (C=O) groups excluding carboxylic acids is 1. The Kier molecular flexibility index (Phi) is 5.04. The second-order valence-electron chi connectivity index (χ2n) is 6.87. The van der Waals surface area contributed by atoms with Crippen molar-refractivity contribution >= 4 is 28.0 Å². The van der Waals surface area contributed by atoms with Crippen LogP contribution in [0.1, 0.15) is 50.8 Å². The lowest BCUT2D eigenvalue weighted by Gasteiger charge is -2.32. The highest BCUT2D eigenvalue weighted by molar-refractivity contribution is 9.10. The van der Waals surface area contributed by atoms with Crippen molar-refractivity contribution in [2.24, 2.45) is 0 Å². The molecule has 126 valence electrons. The van der Waals surface area contributed by atoms with E-state index in [1.807, 2.05) is 6.92 Å². The number of rotatable bonds is 4. The minimum absolute atomic E-state index is 0.0742. The van der Waals surface area contributed by atoms with Crippen molar-refractivity contribution in [3.8, 4) is 0 Å². The summed E-state index contributed by atoms with van der Waals surface area (Å²) in [5.74, 6) is -1.05. The van der Waals surface area contributed by atoms with Crippen LogP contribution in [0, 0.1) is 6.92 Å². The summed E-state index contributed by atoms with van der Waals surface area (Å²) in [6, 6.07) is 4.22. The highest BCUT2D eigenvalue weighted by atomic mass is 79.9. The van der Waals surface area contributed by atoms with E-state index in [-0.39, 0.29) is 6.04 Å². The Bertz CT molecular complexity index is 620. The molecule has 0 saturated heterocycles. The zero-order valence-electron chi connectivity index (χ0n) is 13.8. The van der Waals surface area contributed by atoms with E-state index in [9.17, 15) is 14.7 Å². The zero-order valence-corrected chi connectivity index (χ0v) is 15.4. The summed E-state index contributed by atoms with van der Waals surface area (Å²) in [7, 11) is 0. The summed E-state index contributed by atoms with van der Waals surface area (Å²) in [6.45, 7) is 7.21. The Hall–Kier alpha value is -1.56. The van der Waals surface area contributed by atoms with E-state index < -0.39 is 23.7 Å². The first kappa shape index (κ1) is 17.8. The van der Waals surface area contributed by atoms with E-state index in [1.54, 1.807) is 39.0 Å². The predicted molar refractivity (Wildman–Crippen MR) is 90.4 cm³/mol. The molecule has 1 aromatic rings. The number of halogens is 1. The number of aliphatic carboxylic acids is 1. The highest BCUT2D eigenvalue weighted by Gasteiger charge is 2.43. The minimum atomic E-state index is -1.05. The van der Waals surface area contributed by atoms with Gasteiger partial charge in [0.15, 0.2) is 6.04 Å². The van der Waals surface area contributed by atoms with Crippen LogP contribution in [0.3, 0.4) is 0 Å². The topological polar surface area (TPSA) is 66.8 Å². The normalized spacial score (nSPS) is 15.9. The van der Waals surface area contributed by atoms with Crippen LogP contribution in [0.25, 0.3) is 0 Å². The molecule has 5 nitrogen and oxygen atoms in total. The van der Waals surface area contributed by atoms with Crippen LogP contribution in [0.2, 0.25) is 0 Å². The van der Waals surface area contributed by atoms with Gasteiger partial charge < -0.3 is 9.84 Å². The summed E-state index contributed by atoms with van der Waals surface area (Å²) in [6.07, 6.45) is 1.03. The van der Waals surface area contributed by atoms with Crippen LogP contribution < -0.4 is 0 Å². The van der Waals surface area contributed by atoms with Crippen LogP contribution in [-0.4, -0.2) is 33.7 Å². The average Bonchev–Trinajstić information content (AvgIpc) is 3.21. The Labute approximate surface area is 144 Å². The molecule has 6 heteroatoms. The second kappa shape index (κ2) is 6.51. The summed E-state index contributed by atoms with van der Waals surface area (Å²) < 4.78 is 6.33. The van der Waals surface area contributed by atoms with Crippen molar-refractivity contribution in [3.05, 3.63) is 33.8 Å². The summed E-state index contributed by atoms with van der Waals surface area (Å²) in [5.41, 5.74) is 0.841. The van der Waals surface area contributed by atoms with Crippen LogP contribution >= 0.6 is 15.9 Å². The van der Waals surface area contributed by atoms with Gasteiger partial charge in [0.1, 0.15) is 5.60 Å². The molecule has 1 saturated carbocycles. The molecule has 1 aliphatic carbocycles. The van der Waals surface area contributed by atoms with Gasteiger partial charge in [0.2, 0.25) is 0 Å². The van der Waals surface area contributed by atoms with E-state index in [0.29, 0.717) is 5.56 Å². The monoisotopic (exact) mass is 383 g/mol. The standard InChI is InChI=1S/C17H22BrNO4/c1-10-9-11(5-8-13(10)18)14(15(20)21)19(12-6-7-12)16(22)23-17(2,3)4/h5,8-9,12,14H,6-7H2,1-4H3,(H,20,21). The van der Waals surface area contributed by atoms with Crippen LogP contribution in [-0.2, 0) is 9.53 Å². The zero-order chi connectivity index (χ0) is 17.4.